The molecule has 0 aliphatic carbocycles. The van der Waals surface area contributed by atoms with Crippen LogP contribution in [0.1, 0.15) is 35.2 Å². The van der Waals surface area contributed by atoms with E-state index in [-0.39, 0.29) is 29.1 Å². The predicted molar refractivity (Wildman–Crippen MR) is 101 cm³/mol. The normalized spacial score (nSPS) is 18.5. The van der Waals surface area contributed by atoms with E-state index in [0.717, 1.165) is 6.42 Å². The second-order valence-corrected chi connectivity index (χ2v) is 8.66. The van der Waals surface area contributed by atoms with Crippen LogP contribution in [0.5, 0.6) is 0 Å². The van der Waals surface area contributed by atoms with Gasteiger partial charge in [0.05, 0.1) is 11.5 Å². The molecular weight excluding hydrogens is 352 g/mol. The molecule has 3 rings (SSSR count). The Morgan fingerprint density at radius 3 is 2.58 bits per heavy atom. The average Bonchev–Trinajstić information content (AvgIpc) is 2.93. The Balaban J connectivity index is 1.72. The van der Waals surface area contributed by atoms with Crippen molar-refractivity contribution >= 4 is 27.2 Å². The van der Waals surface area contributed by atoms with E-state index in [1.807, 2.05) is 24.3 Å². The summed E-state index contributed by atoms with van der Waals surface area (Å²) in [6.07, 6.45) is 1.47. The molecule has 1 aliphatic rings. The second-order valence-electron chi connectivity index (χ2n) is 6.43. The molecule has 1 atom stereocenters. The molecule has 1 saturated heterocycles. The molecule has 2 heterocycles. The molecule has 1 amide bonds. The van der Waals surface area contributed by atoms with Crippen molar-refractivity contribution < 1.29 is 13.2 Å². The highest BCUT2D eigenvalue weighted by molar-refractivity contribution is 7.91. The Hall–Kier alpha value is -2.48. The number of sulfone groups is 1. The number of carbonyl (C=O) groups excluding carboxylic acids is 1. The number of nitrogens with one attached hydrogen (secondary N) is 2. The Morgan fingerprint density at radius 1 is 1.23 bits per heavy atom. The molecule has 2 N–H and O–H groups in total. The summed E-state index contributed by atoms with van der Waals surface area (Å²) in [6, 6.07) is 9.00. The monoisotopic (exact) mass is 374 g/mol. The number of amides is 1. The van der Waals surface area contributed by atoms with E-state index in [1.54, 1.807) is 13.0 Å². The van der Waals surface area contributed by atoms with Crippen molar-refractivity contribution in [3.8, 4) is 0 Å². The van der Waals surface area contributed by atoms with Crippen molar-refractivity contribution in [1.29, 1.82) is 0 Å². The van der Waals surface area contributed by atoms with Crippen LogP contribution >= 0.6 is 0 Å². The summed E-state index contributed by atoms with van der Waals surface area (Å²) in [5.41, 5.74) is 2.12. The van der Waals surface area contributed by atoms with Crippen molar-refractivity contribution in [3.05, 3.63) is 47.4 Å². The van der Waals surface area contributed by atoms with Crippen LogP contribution in [0, 0.1) is 6.92 Å². The Labute approximate surface area is 153 Å². The minimum absolute atomic E-state index is 0.0847. The molecule has 0 saturated carbocycles. The summed E-state index contributed by atoms with van der Waals surface area (Å²) in [5.74, 6) is 0.840. The van der Waals surface area contributed by atoms with Crippen LogP contribution in [0.25, 0.3) is 0 Å². The molecule has 7 nitrogen and oxygen atoms in total. The first-order chi connectivity index (χ1) is 12.3. The smallest absolute Gasteiger partial charge is 0.274 e. The minimum Gasteiger partial charge on any atom is -0.366 e. The number of benzene rings is 1. The maximum absolute atomic E-state index is 12.5. The first-order valence-electron chi connectivity index (χ1n) is 8.57. The Morgan fingerprint density at radius 2 is 1.96 bits per heavy atom. The molecule has 2 aromatic rings. The van der Waals surface area contributed by atoms with Crippen LogP contribution in [0.3, 0.4) is 0 Å². The topological polar surface area (TPSA) is 101 Å². The van der Waals surface area contributed by atoms with Crippen LogP contribution in [0.4, 0.5) is 11.5 Å². The summed E-state index contributed by atoms with van der Waals surface area (Å²) in [5, 5.41) is 5.92. The lowest BCUT2D eigenvalue weighted by molar-refractivity contribution is 0.102. The van der Waals surface area contributed by atoms with E-state index in [0.29, 0.717) is 23.8 Å². The molecule has 1 unspecified atom stereocenters. The van der Waals surface area contributed by atoms with E-state index < -0.39 is 9.84 Å². The quantitative estimate of drug-likeness (QED) is 0.832. The van der Waals surface area contributed by atoms with Crippen molar-refractivity contribution in [3.63, 3.8) is 0 Å². The van der Waals surface area contributed by atoms with Crippen LogP contribution in [0.15, 0.2) is 30.3 Å². The number of anilines is 2. The van der Waals surface area contributed by atoms with Gasteiger partial charge in [-0.1, -0.05) is 19.1 Å². The molecule has 1 aliphatic heterocycles. The van der Waals surface area contributed by atoms with Crippen LogP contribution in [0.2, 0.25) is 0 Å². The lowest BCUT2D eigenvalue weighted by atomic mass is 10.1. The third-order valence-corrected chi connectivity index (χ3v) is 6.04. The number of hydrogen-bond acceptors (Lipinski definition) is 6. The van der Waals surface area contributed by atoms with Gasteiger partial charge in [0.15, 0.2) is 9.84 Å². The molecule has 0 radical (unpaired) electrons. The first-order valence-corrected chi connectivity index (χ1v) is 10.4. The van der Waals surface area contributed by atoms with Gasteiger partial charge in [-0.2, -0.15) is 0 Å². The van der Waals surface area contributed by atoms with Gasteiger partial charge in [-0.15, -0.1) is 0 Å². The number of rotatable bonds is 5. The number of aryl methyl sites for hydroxylation is 2. The number of aromatic nitrogens is 2. The molecule has 26 heavy (non-hydrogen) atoms. The predicted octanol–water partition coefficient (Wildman–Crippen LogP) is 2.20. The Kier molecular flexibility index (Phi) is 5.22. The number of nitrogens with zero attached hydrogens (tertiary/aromatic N) is 2. The lowest BCUT2D eigenvalue weighted by Gasteiger charge is -2.13. The van der Waals surface area contributed by atoms with Gasteiger partial charge >= 0.3 is 0 Å². The third kappa shape index (κ3) is 4.57. The molecule has 1 fully saturated rings. The van der Waals surface area contributed by atoms with E-state index in [9.17, 15) is 13.2 Å². The highest BCUT2D eigenvalue weighted by atomic mass is 32.2. The minimum atomic E-state index is -2.98. The second kappa shape index (κ2) is 7.41. The van der Waals surface area contributed by atoms with E-state index in [2.05, 4.69) is 27.5 Å². The van der Waals surface area contributed by atoms with Gasteiger partial charge in [0.25, 0.3) is 5.91 Å². The molecule has 0 bridgehead atoms. The number of hydrogen-bond donors (Lipinski definition) is 2. The standard InChI is InChI=1S/C18H22N4O3S/c1-3-13-4-6-14(7-5-13)22-18(23)16-10-17(20-12(2)19-16)21-15-8-9-26(24,25)11-15/h4-7,10,15H,3,8-9,11H2,1-2H3,(H,22,23)(H,19,20,21). The average molecular weight is 374 g/mol. The fraction of sp³-hybridized carbons (Fsp3) is 0.389. The van der Waals surface area contributed by atoms with Crippen molar-refractivity contribution in [1.82, 2.24) is 9.97 Å². The fourth-order valence-corrected chi connectivity index (χ4v) is 4.57. The summed E-state index contributed by atoms with van der Waals surface area (Å²) < 4.78 is 23.2. The zero-order chi connectivity index (χ0) is 18.7. The van der Waals surface area contributed by atoms with Crippen LogP contribution in [-0.4, -0.2) is 41.8 Å². The van der Waals surface area contributed by atoms with Gasteiger partial charge in [-0.3, -0.25) is 4.79 Å². The Bertz CT molecular complexity index is 911. The van der Waals surface area contributed by atoms with Gasteiger partial charge in [0.2, 0.25) is 0 Å². The lowest BCUT2D eigenvalue weighted by Crippen LogP contribution is -2.22. The van der Waals surface area contributed by atoms with Crippen molar-refractivity contribution in [2.75, 3.05) is 22.1 Å². The maximum atomic E-state index is 12.5. The van der Waals surface area contributed by atoms with Gasteiger partial charge in [0, 0.05) is 17.8 Å². The zero-order valence-corrected chi connectivity index (χ0v) is 15.6. The SMILES string of the molecule is CCc1ccc(NC(=O)c2cc(NC3CCS(=O)(=O)C3)nc(C)n2)cc1. The highest BCUT2D eigenvalue weighted by Crippen LogP contribution is 2.18. The van der Waals surface area contributed by atoms with Gasteiger partial charge in [-0.05, 0) is 37.5 Å². The largest absolute Gasteiger partial charge is 0.366 e. The fourth-order valence-electron chi connectivity index (χ4n) is 2.89. The summed E-state index contributed by atoms with van der Waals surface area (Å²) >= 11 is 0. The third-order valence-electron chi connectivity index (χ3n) is 4.28. The molecule has 1 aromatic heterocycles. The molecular formula is C18H22N4O3S. The summed E-state index contributed by atoms with van der Waals surface area (Å²) in [6.45, 7) is 3.77. The molecule has 138 valence electrons. The van der Waals surface area contributed by atoms with E-state index in [4.69, 9.17) is 0 Å². The maximum Gasteiger partial charge on any atom is 0.274 e. The van der Waals surface area contributed by atoms with Gasteiger partial charge in [-0.25, -0.2) is 18.4 Å². The summed E-state index contributed by atoms with van der Waals surface area (Å²) in [7, 11) is -2.98. The van der Waals surface area contributed by atoms with E-state index in [1.165, 1.54) is 5.56 Å². The van der Waals surface area contributed by atoms with Crippen LogP contribution < -0.4 is 10.6 Å². The number of carbonyl (C=O) groups is 1. The summed E-state index contributed by atoms with van der Waals surface area (Å²) in [4.78, 5) is 20.9. The first kappa shape index (κ1) is 18.3. The van der Waals surface area contributed by atoms with Gasteiger partial charge in [0.1, 0.15) is 17.3 Å². The van der Waals surface area contributed by atoms with Gasteiger partial charge < -0.3 is 10.6 Å². The highest BCUT2D eigenvalue weighted by Gasteiger charge is 2.28. The van der Waals surface area contributed by atoms with E-state index >= 15 is 0 Å². The van der Waals surface area contributed by atoms with Crippen LogP contribution in [-0.2, 0) is 16.3 Å². The molecule has 1 aromatic carbocycles. The van der Waals surface area contributed by atoms with Crippen molar-refractivity contribution in [2.45, 2.75) is 32.7 Å². The molecule has 0 spiro atoms. The van der Waals surface area contributed by atoms with Crippen molar-refractivity contribution in [2.24, 2.45) is 0 Å². The molecule has 8 heteroatoms. The zero-order valence-electron chi connectivity index (χ0n) is 14.8.